The van der Waals surface area contributed by atoms with Crippen LogP contribution in [-0.2, 0) is 0 Å². The first kappa shape index (κ1) is 22.3. The second kappa shape index (κ2) is 9.70. The number of thiazole rings is 1. The number of nitrogens with zero attached hydrogens (tertiary/aromatic N) is 4. The van der Waals surface area contributed by atoms with Gasteiger partial charge in [0, 0.05) is 52.4 Å². The molecule has 1 aliphatic rings. The Morgan fingerprint density at radius 1 is 1.19 bits per heavy atom. The zero-order chi connectivity index (χ0) is 22.7. The van der Waals surface area contributed by atoms with Crippen LogP contribution in [0.3, 0.4) is 0 Å². The van der Waals surface area contributed by atoms with Crippen molar-refractivity contribution in [3.05, 3.63) is 72.5 Å². The monoisotopic (exact) mass is 484 g/mol. The van der Waals surface area contributed by atoms with Gasteiger partial charge in [0.05, 0.1) is 21.2 Å². The lowest BCUT2D eigenvalue weighted by atomic mass is 10.0. The molecule has 0 radical (unpaired) electrons. The Bertz CT molecular complexity index is 1240. The molecule has 162 valence electrons. The van der Waals surface area contributed by atoms with Gasteiger partial charge in [-0.25, -0.2) is 4.98 Å². The lowest BCUT2D eigenvalue weighted by molar-refractivity contribution is -0.384. The molecule has 0 atom stereocenters. The Morgan fingerprint density at radius 3 is 2.66 bits per heavy atom. The van der Waals surface area contributed by atoms with Crippen LogP contribution in [0.2, 0.25) is 10.0 Å². The van der Waals surface area contributed by atoms with Crippen molar-refractivity contribution in [3.63, 3.8) is 0 Å². The normalized spacial score (nSPS) is 14.3. The second-order valence-corrected chi connectivity index (χ2v) is 9.08. The van der Waals surface area contributed by atoms with E-state index in [2.05, 4.69) is 16.0 Å². The number of nitro groups is 1. The zero-order valence-electron chi connectivity index (χ0n) is 16.9. The van der Waals surface area contributed by atoms with Gasteiger partial charge in [0.15, 0.2) is 0 Å². The maximum Gasteiger partial charge on any atom is 0.270 e. The zero-order valence-corrected chi connectivity index (χ0v) is 19.3. The van der Waals surface area contributed by atoms with Gasteiger partial charge >= 0.3 is 0 Å². The highest BCUT2D eigenvalue weighted by atomic mass is 35.5. The summed E-state index contributed by atoms with van der Waals surface area (Å²) in [5.41, 5.74) is 3.22. The molecule has 4 rings (SSSR count). The summed E-state index contributed by atoms with van der Waals surface area (Å²) in [5, 5.41) is 24.6. The van der Waals surface area contributed by atoms with Crippen LogP contribution in [-0.4, -0.2) is 23.0 Å². The van der Waals surface area contributed by atoms with Crippen LogP contribution in [0.5, 0.6) is 0 Å². The summed E-state index contributed by atoms with van der Waals surface area (Å²) >= 11 is 13.6. The van der Waals surface area contributed by atoms with Gasteiger partial charge in [0.25, 0.3) is 5.69 Å². The summed E-state index contributed by atoms with van der Waals surface area (Å²) in [4.78, 5) is 17.7. The minimum atomic E-state index is -0.423. The van der Waals surface area contributed by atoms with Crippen molar-refractivity contribution in [3.8, 4) is 17.3 Å². The summed E-state index contributed by atoms with van der Waals surface area (Å²) in [6.07, 6.45) is 5.00. The Balaban J connectivity index is 1.75. The molecule has 0 saturated carbocycles. The van der Waals surface area contributed by atoms with Crippen molar-refractivity contribution in [2.75, 3.05) is 18.0 Å². The molecule has 2 aromatic carbocycles. The van der Waals surface area contributed by atoms with E-state index >= 15 is 0 Å². The molecule has 0 spiro atoms. The number of hydrogen-bond acceptors (Lipinski definition) is 6. The number of benzene rings is 2. The number of non-ortho nitro benzene ring substituents is 1. The van der Waals surface area contributed by atoms with Crippen LogP contribution in [0.15, 0.2) is 41.8 Å². The molecule has 3 aromatic rings. The maximum absolute atomic E-state index is 11.4. The molecule has 0 aliphatic carbocycles. The van der Waals surface area contributed by atoms with Crippen LogP contribution in [0.4, 0.5) is 11.4 Å². The van der Waals surface area contributed by atoms with Gasteiger partial charge in [-0.2, -0.15) is 5.26 Å². The van der Waals surface area contributed by atoms with Crippen LogP contribution in [0.25, 0.3) is 22.9 Å². The molecule has 0 bridgehead atoms. The van der Waals surface area contributed by atoms with Gasteiger partial charge in [0.1, 0.15) is 11.1 Å². The number of rotatable bonds is 5. The van der Waals surface area contributed by atoms with Crippen molar-refractivity contribution in [1.82, 2.24) is 4.98 Å². The minimum absolute atomic E-state index is 0.0120. The molecule has 32 heavy (non-hydrogen) atoms. The molecule has 1 aromatic heterocycles. The number of piperidine rings is 1. The third kappa shape index (κ3) is 4.78. The van der Waals surface area contributed by atoms with Gasteiger partial charge in [0.2, 0.25) is 0 Å². The third-order valence-corrected chi connectivity index (χ3v) is 6.70. The number of halogens is 2. The SMILES string of the molecule is N#C/C(=C\c1cc([N+](=O)[O-])ccc1N1CCCCC1)c1nc(-c2ccc(Cl)cc2Cl)cs1. The summed E-state index contributed by atoms with van der Waals surface area (Å²) in [6.45, 7) is 1.77. The molecule has 0 unspecified atom stereocenters. The van der Waals surface area contributed by atoms with E-state index < -0.39 is 4.92 Å². The average molecular weight is 485 g/mol. The molecule has 9 heteroatoms. The average Bonchev–Trinajstić information content (AvgIpc) is 3.27. The van der Waals surface area contributed by atoms with Crippen LogP contribution in [0, 0.1) is 21.4 Å². The molecule has 0 amide bonds. The topological polar surface area (TPSA) is 83.1 Å². The van der Waals surface area contributed by atoms with E-state index in [1.807, 2.05) is 5.38 Å². The van der Waals surface area contributed by atoms with Crippen LogP contribution in [0.1, 0.15) is 29.8 Å². The summed E-state index contributed by atoms with van der Waals surface area (Å²) in [6, 6.07) is 12.2. The van der Waals surface area contributed by atoms with Crippen molar-refractivity contribution in [1.29, 1.82) is 5.26 Å². The number of nitro benzene ring substituents is 1. The highest BCUT2D eigenvalue weighted by Crippen LogP contribution is 2.35. The van der Waals surface area contributed by atoms with E-state index in [0.29, 0.717) is 31.9 Å². The van der Waals surface area contributed by atoms with Gasteiger partial charge in [-0.15, -0.1) is 11.3 Å². The Kier molecular flexibility index (Phi) is 6.75. The largest absolute Gasteiger partial charge is 0.371 e. The number of anilines is 1. The van der Waals surface area contributed by atoms with Gasteiger partial charge in [-0.05, 0) is 49.6 Å². The van der Waals surface area contributed by atoms with Crippen molar-refractivity contribution in [2.24, 2.45) is 0 Å². The first-order valence-corrected chi connectivity index (χ1v) is 11.7. The molecule has 1 aliphatic heterocycles. The first-order valence-electron chi connectivity index (χ1n) is 10.0. The third-order valence-electron chi connectivity index (χ3n) is 5.28. The first-order chi connectivity index (χ1) is 15.5. The summed E-state index contributed by atoms with van der Waals surface area (Å²) in [7, 11) is 0. The fourth-order valence-electron chi connectivity index (χ4n) is 3.71. The summed E-state index contributed by atoms with van der Waals surface area (Å²) in [5.74, 6) is 0. The lowest BCUT2D eigenvalue weighted by Gasteiger charge is -2.30. The van der Waals surface area contributed by atoms with Crippen molar-refractivity contribution >= 4 is 57.6 Å². The molecule has 1 saturated heterocycles. The number of nitriles is 1. The van der Waals surface area contributed by atoms with Gasteiger partial charge < -0.3 is 4.90 Å². The van der Waals surface area contributed by atoms with E-state index in [4.69, 9.17) is 23.2 Å². The molecule has 1 fully saturated rings. The quantitative estimate of drug-likeness (QED) is 0.219. The smallest absolute Gasteiger partial charge is 0.270 e. The van der Waals surface area contributed by atoms with E-state index in [9.17, 15) is 15.4 Å². The van der Waals surface area contributed by atoms with Crippen molar-refractivity contribution in [2.45, 2.75) is 19.3 Å². The highest BCUT2D eigenvalue weighted by Gasteiger charge is 2.19. The van der Waals surface area contributed by atoms with Crippen LogP contribution < -0.4 is 4.90 Å². The van der Waals surface area contributed by atoms with Crippen LogP contribution >= 0.6 is 34.5 Å². The molecule has 2 heterocycles. The number of allylic oxidation sites excluding steroid dienone is 1. The Labute approximate surface area is 199 Å². The fraction of sp³-hybridized carbons (Fsp3) is 0.217. The highest BCUT2D eigenvalue weighted by molar-refractivity contribution is 7.11. The fourth-order valence-corrected chi connectivity index (χ4v) is 5.00. The molecule has 6 nitrogen and oxygen atoms in total. The predicted octanol–water partition coefficient (Wildman–Crippen LogP) is 7.08. The molecular formula is C23H18Cl2N4O2S. The standard InChI is InChI=1S/C23H18Cl2N4O2S/c24-17-4-6-19(20(25)12-17)21-14-32-23(27-21)16(13-26)10-15-11-18(29(30)31)5-7-22(15)28-8-2-1-3-9-28/h4-7,10-12,14H,1-3,8-9H2/b16-10+. The van der Waals surface area contributed by atoms with Gasteiger partial charge in [-0.1, -0.05) is 23.2 Å². The molecular weight excluding hydrogens is 467 g/mol. The van der Waals surface area contributed by atoms with Gasteiger partial charge in [-0.3, -0.25) is 10.1 Å². The maximum atomic E-state index is 11.4. The summed E-state index contributed by atoms with van der Waals surface area (Å²) < 4.78 is 0. The predicted molar refractivity (Wildman–Crippen MR) is 130 cm³/mol. The Morgan fingerprint density at radius 2 is 1.97 bits per heavy atom. The second-order valence-electron chi connectivity index (χ2n) is 7.38. The Hall–Kier alpha value is -2.92. The molecule has 0 N–H and O–H groups in total. The van der Waals surface area contributed by atoms with E-state index in [1.54, 1.807) is 30.3 Å². The minimum Gasteiger partial charge on any atom is -0.371 e. The lowest BCUT2D eigenvalue weighted by Crippen LogP contribution is -2.29. The van der Waals surface area contributed by atoms with E-state index in [1.165, 1.54) is 29.9 Å². The van der Waals surface area contributed by atoms with Crippen molar-refractivity contribution < 1.29 is 4.92 Å². The van der Waals surface area contributed by atoms with E-state index in [-0.39, 0.29) is 5.69 Å². The number of hydrogen-bond donors (Lipinski definition) is 0. The van der Waals surface area contributed by atoms with E-state index in [0.717, 1.165) is 37.2 Å². The number of aromatic nitrogens is 1.